The summed E-state index contributed by atoms with van der Waals surface area (Å²) in [6.45, 7) is 5.05. The number of anilines is 2. The van der Waals surface area contributed by atoms with Crippen LogP contribution in [0.15, 0.2) is 24.3 Å². The fourth-order valence-corrected chi connectivity index (χ4v) is 2.51. The number of fused-ring (bicyclic) bond motifs is 1. The first-order chi connectivity index (χ1) is 9.65. The van der Waals surface area contributed by atoms with Crippen LogP contribution in [-0.2, 0) is 17.8 Å². The first-order valence-corrected chi connectivity index (χ1v) is 6.79. The van der Waals surface area contributed by atoms with Crippen LogP contribution in [0.1, 0.15) is 23.7 Å². The predicted molar refractivity (Wildman–Crippen MR) is 77.8 cm³/mol. The number of rotatable bonds is 2. The number of carbonyl (C=O) groups excluding carboxylic acids is 1. The van der Waals surface area contributed by atoms with Crippen LogP contribution < -0.4 is 5.32 Å². The van der Waals surface area contributed by atoms with Gasteiger partial charge in [0.15, 0.2) is 5.82 Å². The number of benzene rings is 1. The molecule has 3 rings (SSSR count). The molecule has 2 N–H and O–H groups in total. The third-order valence-corrected chi connectivity index (χ3v) is 3.78. The van der Waals surface area contributed by atoms with Gasteiger partial charge in [-0.2, -0.15) is 5.10 Å². The highest BCUT2D eigenvalue weighted by atomic mass is 16.2. The number of carbonyl (C=O) groups is 1. The normalized spacial score (nSPS) is 14.0. The monoisotopic (exact) mass is 270 g/mol. The molecule has 2 aromatic rings. The Labute approximate surface area is 118 Å². The Morgan fingerprint density at radius 2 is 2.20 bits per heavy atom. The van der Waals surface area contributed by atoms with E-state index in [0.29, 0.717) is 6.54 Å². The van der Waals surface area contributed by atoms with Gasteiger partial charge in [0.05, 0.1) is 6.54 Å². The van der Waals surface area contributed by atoms with Gasteiger partial charge in [0.25, 0.3) is 0 Å². The number of nitrogens with one attached hydrogen (secondary N) is 2. The molecule has 0 bridgehead atoms. The van der Waals surface area contributed by atoms with E-state index >= 15 is 0 Å². The Hall–Kier alpha value is -2.30. The summed E-state index contributed by atoms with van der Waals surface area (Å²) in [5.74, 6) is 0.930. The number of nitrogens with zero attached hydrogens (tertiary/aromatic N) is 2. The zero-order valence-corrected chi connectivity index (χ0v) is 11.7. The van der Waals surface area contributed by atoms with Crippen LogP contribution in [0.4, 0.5) is 11.5 Å². The van der Waals surface area contributed by atoms with Crippen molar-refractivity contribution >= 4 is 17.4 Å². The molecule has 0 saturated heterocycles. The molecule has 5 nitrogen and oxygen atoms in total. The lowest BCUT2D eigenvalue weighted by Gasteiger charge is -2.26. The van der Waals surface area contributed by atoms with Crippen LogP contribution in [-0.4, -0.2) is 27.5 Å². The summed E-state index contributed by atoms with van der Waals surface area (Å²) in [5.41, 5.74) is 4.43. The molecule has 2 heterocycles. The quantitative estimate of drug-likeness (QED) is 0.880. The van der Waals surface area contributed by atoms with Crippen molar-refractivity contribution in [1.29, 1.82) is 0 Å². The van der Waals surface area contributed by atoms with Gasteiger partial charge in [0.1, 0.15) is 0 Å². The molecule has 1 amide bonds. The molecule has 0 atom stereocenters. The first kappa shape index (κ1) is 12.7. The molecule has 0 fully saturated rings. The molecule has 0 radical (unpaired) electrons. The molecule has 5 heteroatoms. The number of aromatic nitrogens is 2. The summed E-state index contributed by atoms with van der Waals surface area (Å²) < 4.78 is 0. The molecule has 20 heavy (non-hydrogen) atoms. The number of para-hydroxylation sites is 1. The molecular formula is C15H18N4O. The Morgan fingerprint density at radius 3 is 2.95 bits per heavy atom. The van der Waals surface area contributed by atoms with E-state index in [1.54, 1.807) is 6.92 Å². The van der Waals surface area contributed by atoms with Crippen molar-refractivity contribution in [2.24, 2.45) is 0 Å². The molecule has 104 valence electrons. The minimum absolute atomic E-state index is 0.110. The van der Waals surface area contributed by atoms with E-state index in [1.807, 2.05) is 23.1 Å². The summed E-state index contributed by atoms with van der Waals surface area (Å²) in [6.07, 6.45) is 0.831. The number of aromatic amines is 1. The minimum atomic E-state index is 0.110. The van der Waals surface area contributed by atoms with Crippen LogP contribution in [0.3, 0.4) is 0 Å². The second-order valence-corrected chi connectivity index (χ2v) is 5.16. The first-order valence-electron chi connectivity index (χ1n) is 6.79. The molecule has 0 unspecified atom stereocenters. The average Bonchev–Trinajstić information content (AvgIpc) is 2.84. The number of hydrogen-bond acceptors (Lipinski definition) is 3. The summed E-state index contributed by atoms with van der Waals surface area (Å²) in [5, 5.41) is 10.8. The fraction of sp³-hybridized carbons (Fsp3) is 0.333. The minimum Gasteiger partial charge on any atom is -0.338 e. The Bertz CT molecular complexity index is 647. The highest BCUT2D eigenvalue weighted by molar-refractivity contribution is 5.74. The highest BCUT2D eigenvalue weighted by Gasteiger charge is 2.23. The van der Waals surface area contributed by atoms with Crippen molar-refractivity contribution in [2.45, 2.75) is 26.8 Å². The molecule has 1 aromatic heterocycles. The van der Waals surface area contributed by atoms with E-state index in [2.05, 4.69) is 28.5 Å². The fourth-order valence-electron chi connectivity index (χ4n) is 2.51. The number of aryl methyl sites for hydroxylation is 1. The second-order valence-electron chi connectivity index (χ2n) is 5.16. The van der Waals surface area contributed by atoms with Gasteiger partial charge in [-0.25, -0.2) is 0 Å². The molecule has 0 aliphatic carbocycles. The maximum atomic E-state index is 11.5. The highest BCUT2D eigenvalue weighted by Crippen LogP contribution is 2.27. The van der Waals surface area contributed by atoms with E-state index < -0.39 is 0 Å². The lowest BCUT2D eigenvalue weighted by molar-refractivity contribution is -0.129. The van der Waals surface area contributed by atoms with Gasteiger partial charge in [-0.3, -0.25) is 9.89 Å². The van der Waals surface area contributed by atoms with Gasteiger partial charge < -0.3 is 10.2 Å². The van der Waals surface area contributed by atoms with Crippen molar-refractivity contribution < 1.29 is 4.79 Å². The molecule has 0 saturated carbocycles. The van der Waals surface area contributed by atoms with Gasteiger partial charge >= 0.3 is 0 Å². The standard InChI is InChI=1S/C15H18N4O/c1-10-5-3-4-6-13(10)16-15-12-9-19(11(2)20)8-7-14(12)17-18-15/h3-6H,7-9H2,1-2H3,(H2,16,17,18). The molecule has 1 aliphatic rings. The van der Waals surface area contributed by atoms with E-state index in [1.165, 1.54) is 5.56 Å². The summed E-state index contributed by atoms with van der Waals surface area (Å²) in [6, 6.07) is 8.10. The second kappa shape index (κ2) is 5.00. The van der Waals surface area contributed by atoms with Gasteiger partial charge in [-0.05, 0) is 18.6 Å². The van der Waals surface area contributed by atoms with E-state index in [-0.39, 0.29) is 5.91 Å². The van der Waals surface area contributed by atoms with Crippen LogP contribution in [0.25, 0.3) is 0 Å². The van der Waals surface area contributed by atoms with Crippen molar-refractivity contribution in [2.75, 3.05) is 11.9 Å². The van der Waals surface area contributed by atoms with Crippen LogP contribution in [0.2, 0.25) is 0 Å². The van der Waals surface area contributed by atoms with Gasteiger partial charge in [0.2, 0.25) is 5.91 Å². The van der Waals surface area contributed by atoms with Gasteiger partial charge in [-0.15, -0.1) is 0 Å². The number of hydrogen-bond donors (Lipinski definition) is 2. The largest absolute Gasteiger partial charge is 0.338 e. The average molecular weight is 270 g/mol. The zero-order chi connectivity index (χ0) is 14.1. The van der Waals surface area contributed by atoms with E-state index in [9.17, 15) is 4.79 Å². The molecule has 1 aliphatic heterocycles. The molecule has 1 aromatic carbocycles. The third-order valence-electron chi connectivity index (χ3n) is 3.78. The summed E-state index contributed by atoms with van der Waals surface area (Å²) in [4.78, 5) is 13.4. The van der Waals surface area contributed by atoms with Gasteiger partial charge in [-0.1, -0.05) is 18.2 Å². The van der Waals surface area contributed by atoms with Crippen LogP contribution in [0, 0.1) is 6.92 Å². The maximum absolute atomic E-state index is 11.5. The lowest BCUT2D eigenvalue weighted by Crippen LogP contribution is -2.34. The summed E-state index contributed by atoms with van der Waals surface area (Å²) >= 11 is 0. The van der Waals surface area contributed by atoms with Crippen molar-refractivity contribution in [3.63, 3.8) is 0 Å². The SMILES string of the molecule is CC(=O)N1CCc2[nH]nc(Nc3ccccc3C)c2C1. The van der Waals surface area contributed by atoms with Crippen LogP contribution >= 0.6 is 0 Å². The maximum Gasteiger partial charge on any atom is 0.219 e. The van der Waals surface area contributed by atoms with E-state index in [4.69, 9.17) is 0 Å². The number of amides is 1. The molecule has 0 spiro atoms. The van der Waals surface area contributed by atoms with Crippen molar-refractivity contribution in [3.8, 4) is 0 Å². The lowest BCUT2D eigenvalue weighted by atomic mass is 10.1. The topological polar surface area (TPSA) is 61.0 Å². The Morgan fingerprint density at radius 1 is 1.40 bits per heavy atom. The molecular weight excluding hydrogens is 252 g/mol. The number of H-pyrrole nitrogens is 1. The van der Waals surface area contributed by atoms with Crippen molar-refractivity contribution in [1.82, 2.24) is 15.1 Å². The summed E-state index contributed by atoms with van der Waals surface area (Å²) in [7, 11) is 0. The smallest absolute Gasteiger partial charge is 0.219 e. The zero-order valence-electron chi connectivity index (χ0n) is 11.7. The third kappa shape index (κ3) is 2.27. The van der Waals surface area contributed by atoms with E-state index in [0.717, 1.165) is 35.7 Å². The van der Waals surface area contributed by atoms with Crippen molar-refractivity contribution in [3.05, 3.63) is 41.1 Å². The van der Waals surface area contributed by atoms with Gasteiger partial charge in [0, 0.05) is 36.8 Å². The Balaban J connectivity index is 1.88. The predicted octanol–water partition coefficient (Wildman–Crippen LogP) is 2.37. The Kier molecular flexibility index (Phi) is 3.18. The van der Waals surface area contributed by atoms with Crippen LogP contribution in [0.5, 0.6) is 0 Å².